The van der Waals surface area contributed by atoms with Crippen LogP contribution in [0.5, 0.6) is 0 Å². The standard InChI is InChI=1S/C17H16N2O2S/c1-10-4-6-13(7-5-10)16-14(8-9-15(20)21)19-11(2)12(3)22-17(19)18-16/h4-9H,1-3H3,(H,20,21)/b9-8+. The van der Waals surface area contributed by atoms with Crippen LogP contribution in [0.1, 0.15) is 21.8 Å². The molecule has 0 amide bonds. The average molecular weight is 312 g/mol. The van der Waals surface area contributed by atoms with Crippen molar-refractivity contribution in [3.8, 4) is 11.3 Å². The quantitative estimate of drug-likeness (QED) is 0.741. The predicted molar refractivity (Wildman–Crippen MR) is 89.4 cm³/mol. The van der Waals surface area contributed by atoms with Crippen molar-refractivity contribution in [1.82, 2.24) is 9.38 Å². The summed E-state index contributed by atoms with van der Waals surface area (Å²) in [7, 11) is 0. The van der Waals surface area contributed by atoms with Gasteiger partial charge >= 0.3 is 5.97 Å². The topological polar surface area (TPSA) is 54.6 Å². The van der Waals surface area contributed by atoms with E-state index in [0.29, 0.717) is 0 Å². The second-order valence-electron chi connectivity index (χ2n) is 5.24. The van der Waals surface area contributed by atoms with Crippen LogP contribution in [0, 0.1) is 20.8 Å². The lowest BCUT2D eigenvalue weighted by Crippen LogP contribution is -1.93. The van der Waals surface area contributed by atoms with Crippen LogP contribution in [0.25, 0.3) is 22.3 Å². The number of carbonyl (C=O) groups is 1. The van der Waals surface area contributed by atoms with Gasteiger partial charge in [-0.2, -0.15) is 0 Å². The van der Waals surface area contributed by atoms with Crippen molar-refractivity contribution < 1.29 is 9.90 Å². The van der Waals surface area contributed by atoms with Crippen LogP contribution in [-0.2, 0) is 4.79 Å². The van der Waals surface area contributed by atoms with E-state index in [4.69, 9.17) is 10.1 Å². The van der Waals surface area contributed by atoms with Crippen molar-refractivity contribution in [3.05, 3.63) is 52.2 Å². The summed E-state index contributed by atoms with van der Waals surface area (Å²) in [6.45, 7) is 6.11. The number of nitrogens with zero attached hydrogens (tertiary/aromatic N) is 2. The Hall–Kier alpha value is -2.40. The van der Waals surface area contributed by atoms with E-state index in [1.54, 1.807) is 17.4 Å². The van der Waals surface area contributed by atoms with Crippen LogP contribution < -0.4 is 0 Å². The fourth-order valence-corrected chi connectivity index (χ4v) is 3.38. The van der Waals surface area contributed by atoms with Crippen LogP contribution in [0.4, 0.5) is 0 Å². The maximum Gasteiger partial charge on any atom is 0.328 e. The van der Waals surface area contributed by atoms with Gasteiger partial charge in [-0.3, -0.25) is 4.40 Å². The molecule has 0 aliphatic heterocycles. The predicted octanol–water partition coefficient (Wildman–Crippen LogP) is 4.09. The summed E-state index contributed by atoms with van der Waals surface area (Å²) in [5.74, 6) is -0.964. The number of aromatic nitrogens is 2. The molecule has 112 valence electrons. The first-order valence-corrected chi connectivity index (χ1v) is 7.75. The number of thiazole rings is 1. The Bertz CT molecular complexity index is 886. The molecule has 0 bridgehead atoms. The number of aliphatic carboxylic acids is 1. The molecule has 22 heavy (non-hydrogen) atoms. The summed E-state index contributed by atoms with van der Waals surface area (Å²) in [6.07, 6.45) is 2.78. The molecule has 0 saturated carbocycles. The van der Waals surface area contributed by atoms with Crippen molar-refractivity contribution in [2.45, 2.75) is 20.8 Å². The minimum atomic E-state index is -0.964. The first-order valence-electron chi connectivity index (χ1n) is 6.94. The fourth-order valence-electron chi connectivity index (χ4n) is 2.40. The zero-order chi connectivity index (χ0) is 15.9. The zero-order valence-electron chi connectivity index (χ0n) is 12.6. The lowest BCUT2D eigenvalue weighted by molar-refractivity contribution is -0.131. The third-order valence-electron chi connectivity index (χ3n) is 3.68. The highest BCUT2D eigenvalue weighted by atomic mass is 32.1. The highest BCUT2D eigenvalue weighted by molar-refractivity contribution is 7.17. The second kappa shape index (κ2) is 5.42. The molecule has 0 spiro atoms. The molecule has 5 heteroatoms. The molecule has 0 saturated heterocycles. The summed E-state index contributed by atoms with van der Waals surface area (Å²) < 4.78 is 2.02. The van der Waals surface area contributed by atoms with Gasteiger partial charge in [-0.1, -0.05) is 29.8 Å². The van der Waals surface area contributed by atoms with E-state index >= 15 is 0 Å². The SMILES string of the molecule is Cc1ccc(-c2nc3sc(C)c(C)n3c2/C=C/C(=O)O)cc1. The summed E-state index contributed by atoms with van der Waals surface area (Å²) in [4.78, 5) is 17.7. The fraction of sp³-hybridized carbons (Fsp3) is 0.176. The van der Waals surface area contributed by atoms with Gasteiger partial charge in [0.25, 0.3) is 0 Å². The molecule has 1 aromatic carbocycles. The molecular formula is C17H16N2O2S. The Morgan fingerprint density at radius 3 is 2.55 bits per heavy atom. The summed E-state index contributed by atoms with van der Waals surface area (Å²) in [6, 6.07) is 8.10. The molecule has 0 aliphatic rings. The van der Waals surface area contributed by atoms with E-state index in [1.807, 2.05) is 49.4 Å². The van der Waals surface area contributed by atoms with Crippen molar-refractivity contribution in [2.75, 3.05) is 0 Å². The van der Waals surface area contributed by atoms with Crippen LogP contribution in [0.2, 0.25) is 0 Å². The number of aryl methyl sites for hydroxylation is 3. The zero-order valence-corrected chi connectivity index (χ0v) is 13.4. The van der Waals surface area contributed by atoms with E-state index in [2.05, 4.69) is 0 Å². The molecule has 1 N–H and O–H groups in total. The van der Waals surface area contributed by atoms with Crippen molar-refractivity contribution >= 4 is 28.3 Å². The van der Waals surface area contributed by atoms with Crippen LogP contribution in [0.15, 0.2) is 30.3 Å². The normalized spacial score (nSPS) is 11.6. The maximum absolute atomic E-state index is 10.9. The Morgan fingerprint density at radius 1 is 1.23 bits per heavy atom. The minimum absolute atomic E-state index is 0.808. The average Bonchev–Trinajstić information content (AvgIpc) is 2.95. The number of fused-ring (bicyclic) bond motifs is 1. The van der Waals surface area contributed by atoms with Gasteiger partial charge in [0.1, 0.15) is 0 Å². The Kier molecular flexibility index (Phi) is 3.58. The van der Waals surface area contributed by atoms with E-state index in [-0.39, 0.29) is 0 Å². The van der Waals surface area contributed by atoms with Crippen molar-refractivity contribution in [3.63, 3.8) is 0 Å². The molecule has 4 nitrogen and oxygen atoms in total. The van der Waals surface area contributed by atoms with E-state index in [1.165, 1.54) is 10.4 Å². The molecule has 0 atom stereocenters. The molecule has 0 radical (unpaired) electrons. The number of rotatable bonds is 3. The Labute approximate surface area is 132 Å². The lowest BCUT2D eigenvalue weighted by Gasteiger charge is -2.02. The number of hydrogen-bond donors (Lipinski definition) is 1. The summed E-state index contributed by atoms with van der Waals surface area (Å²) in [5.41, 5.74) is 4.88. The maximum atomic E-state index is 10.9. The minimum Gasteiger partial charge on any atom is -0.478 e. The Balaban J connectivity index is 2.27. The van der Waals surface area contributed by atoms with E-state index in [9.17, 15) is 4.79 Å². The van der Waals surface area contributed by atoms with Gasteiger partial charge < -0.3 is 5.11 Å². The molecule has 0 aliphatic carbocycles. The van der Waals surface area contributed by atoms with Crippen molar-refractivity contribution in [2.24, 2.45) is 0 Å². The highest BCUT2D eigenvalue weighted by Crippen LogP contribution is 2.31. The number of hydrogen-bond acceptors (Lipinski definition) is 3. The molecule has 3 rings (SSSR count). The monoisotopic (exact) mass is 312 g/mol. The van der Waals surface area contributed by atoms with Gasteiger partial charge in [-0.25, -0.2) is 9.78 Å². The van der Waals surface area contributed by atoms with Crippen molar-refractivity contribution in [1.29, 1.82) is 0 Å². The highest BCUT2D eigenvalue weighted by Gasteiger charge is 2.16. The van der Waals surface area contributed by atoms with Gasteiger partial charge in [-0.15, -0.1) is 11.3 Å². The third-order valence-corrected chi connectivity index (χ3v) is 4.74. The molecule has 0 fully saturated rings. The van der Waals surface area contributed by atoms with Gasteiger partial charge in [0.05, 0.1) is 11.4 Å². The molecule has 3 aromatic rings. The lowest BCUT2D eigenvalue weighted by atomic mass is 10.1. The number of imidazole rings is 1. The summed E-state index contributed by atoms with van der Waals surface area (Å²) in [5, 5.41) is 8.94. The smallest absolute Gasteiger partial charge is 0.328 e. The summed E-state index contributed by atoms with van der Waals surface area (Å²) >= 11 is 1.62. The molecule has 2 aromatic heterocycles. The largest absolute Gasteiger partial charge is 0.478 e. The van der Waals surface area contributed by atoms with Gasteiger partial charge in [0.2, 0.25) is 0 Å². The van der Waals surface area contributed by atoms with Crippen LogP contribution in [-0.4, -0.2) is 20.5 Å². The molecule has 2 heterocycles. The molecular weight excluding hydrogens is 296 g/mol. The number of carboxylic acids is 1. The number of benzene rings is 1. The van der Waals surface area contributed by atoms with E-state index in [0.717, 1.165) is 33.7 Å². The third kappa shape index (κ3) is 2.44. The number of carboxylic acid groups (broad SMARTS) is 1. The van der Waals surface area contributed by atoms with Gasteiger partial charge in [-0.05, 0) is 26.8 Å². The molecule has 0 unspecified atom stereocenters. The van der Waals surface area contributed by atoms with Crippen LogP contribution >= 0.6 is 11.3 Å². The van der Waals surface area contributed by atoms with Crippen LogP contribution in [0.3, 0.4) is 0 Å². The first-order chi connectivity index (χ1) is 10.5. The van der Waals surface area contributed by atoms with Gasteiger partial charge in [0, 0.05) is 22.2 Å². The van der Waals surface area contributed by atoms with E-state index < -0.39 is 5.97 Å². The second-order valence-corrected chi connectivity index (χ2v) is 6.43. The van der Waals surface area contributed by atoms with Gasteiger partial charge in [0.15, 0.2) is 4.96 Å². The Morgan fingerprint density at radius 2 is 1.91 bits per heavy atom. The first kappa shape index (κ1) is 14.5.